The number of hydrogen-bond acceptors (Lipinski definition) is 7. The lowest BCUT2D eigenvalue weighted by Crippen LogP contribution is -2.41. The number of nitrogens with zero attached hydrogens (tertiary/aromatic N) is 2. The Labute approximate surface area is 284 Å². The van der Waals surface area contributed by atoms with E-state index < -0.39 is 40.2 Å². The van der Waals surface area contributed by atoms with Gasteiger partial charge in [-0.3, -0.25) is 4.79 Å². The van der Waals surface area contributed by atoms with Gasteiger partial charge >= 0.3 is 11.9 Å². The number of hydrogen-bond donors (Lipinski definition) is 2. The molecule has 1 amide bonds. The summed E-state index contributed by atoms with van der Waals surface area (Å²) in [5.41, 5.74) is 5.22. The van der Waals surface area contributed by atoms with Gasteiger partial charge in [-0.2, -0.15) is 4.31 Å². The number of sulfonamides is 1. The van der Waals surface area contributed by atoms with Gasteiger partial charge in [0.15, 0.2) is 0 Å². The highest BCUT2D eigenvalue weighted by molar-refractivity contribution is 7.89. The summed E-state index contributed by atoms with van der Waals surface area (Å²) in [7, 11) is -1.38. The van der Waals surface area contributed by atoms with Gasteiger partial charge in [-0.25, -0.2) is 18.0 Å². The molecule has 2 N–H and O–H groups in total. The molecule has 0 fully saturated rings. The number of likely N-dealkylation sites (N-methyl/N-ethyl adjacent to an activating group) is 1. The Morgan fingerprint density at radius 3 is 2.04 bits per heavy atom. The first kappa shape index (κ1) is 34.6. The summed E-state index contributed by atoms with van der Waals surface area (Å²) in [5, 5.41) is 19.8. The van der Waals surface area contributed by atoms with Crippen LogP contribution < -0.4 is 4.90 Å². The van der Waals surface area contributed by atoms with E-state index in [-0.39, 0.29) is 22.7 Å². The Kier molecular flexibility index (Phi) is 10.3. The van der Waals surface area contributed by atoms with Gasteiger partial charge < -0.3 is 19.8 Å². The monoisotopic (exact) mass is 678 g/mol. The summed E-state index contributed by atoms with van der Waals surface area (Å²) in [6.07, 6.45) is 0. The van der Waals surface area contributed by atoms with Gasteiger partial charge in [-0.15, -0.1) is 0 Å². The van der Waals surface area contributed by atoms with Gasteiger partial charge in [0.25, 0.3) is 0 Å². The zero-order chi connectivity index (χ0) is 35.3. The van der Waals surface area contributed by atoms with Crippen molar-refractivity contribution in [2.24, 2.45) is 0 Å². The lowest BCUT2D eigenvalue weighted by atomic mass is 9.92. The molecule has 0 spiro atoms. The summed E-state index contributed by atoms with van der Waals surface area (Å²) in [6, 6.07) is 32.3. The molecule has 5 aromatic carbocycles. The van der Waals surface area contributed by atoms with Crippen LogP contribution in [-0.2, 0) is 26.1 Å². The van der Waals surface area contributed by atoms with Crippen LogP contribution in [-0.4, -0.2) is 61.5 Å². The Morgan fingerprint density at radius 1 is 0.776 bits per heavy atom. The number of benzene rings is 5. The lowest BCUT2D eigenvalue weighted by Gasteiger charge is -2.26. The second kappa shape index (κ2) is 14.5. The van der Waals surface area contributed by atoms with E-state index in [1.807, 2.05) is 67.6 Å². The maximum absolute atomic E-state index is 13.8. The highest BCUT2D eigenvalue weighted by Gasteiger charge is 2.27. The molecule has 0 radical (unpaired) electrons. The van der Waals surface area contributed by atoms with Crippen LogP contribution >= 0.6 is 0 Å². The molecule has 0 aliphatic heterocycles. The second-order valence-electron chi connectivity index (χ2n) is 11.4. The number of esters is 1. The first-order valence-electron chi connectivity index (χ1n) is 15.2. The van der Waals surface area contributed by atoms with Crippen LogP contribution in [0.25, 0.3) is 22.3 Å². The predicted molar refractivity (Wildman–Crippen MR) is 186 cm³/mol. The van der Waals surface area contributed by atoms with Crippen LogP contribution in [0.5, 0.6) is 5.75 Å². The molecule has 0 saturated heterocycles. The number of methoxy groups -OCH3 is 1. The summed E-state index contributed by atoms with van der Waals surface area (Å²) in [6.45, 7) is 1.29. The van der Waals surface area contributed by atoms with Gasteiger partial charge in [-0.05, 0) is 71.1 Å². The van der Waals surface area contributed by atoms with E-state index in [2.05, 4.69) is 0 Å². The van der Waals surface area contributed by atoms with E-state index in [1.54, 1.807) is 24.3 Å². The zero-order valence-electron chi connectivity index (χ0n) is 27.0. The number of carboxylic acid groups (broad SMARTS) is 1. The third kappa shape index (κ3) is 7.69. The fraction of sp³-hybridized carbons (Fsp3) is 0.132. The van der Waals surface area contributed by atoms with Crippen molar-refractivity contribution in [2.45, 2.75) is 18.4 Å². The number of carboxylic acids is 1. The van der Waals surface area contributed by atoms with Crippen LogP contribution in [0.2, 0.25) is 0 Å². The third-order valence-corrected chi connectivity index (χ3v) is 9.86. The number of amides is 1. The molecule has 0 unspecified atom stereocenters. The molecule has 5 aromatic rings. The first-order chi connectivity index (χ1) is 23.4. The fourth-order valence-electron chi connectivity index (χ4n) is 5.31. The second-order valence-corrected chi connectivity index (χ2v) is 13.4. The minimum atomic E-state index is -4.01. The van der Waals surface area contributed by atoms with Crippen LogP contribution in [0.4, 0.5) is 5.69 Å². The zero-order valence-corrected chi connectivity index (χ0v) is 27.8. The van der Waals surface area contributed by atoms with Gasteiger partial charge in [0, 0.05) is 18.8 Å². The average molecular weight is 679 g/mol. The standard InChI is InChI=1S/C38H34N2O8S/c1-25-9-17-31(18-10-25)49(46,47)39(2)24-36(42)40(30-16-20-33(37(43)44)35(41)22-30)23-26-11-13-28(14-12-26)32-19-15-29(38(45)48-3)21-34(32)27-7-5-4-6-8-27/h4-22,41H,23-24H2,1-3H3,(H,43,44). The molecule has 5 rings (SSSR count). The molecule has 0 bridgehead atoms. The molecule has 10 nitrogen and oxygen atoms in total. The summed E-state index contributed by atoms with van der Waals surface area (Å²) in [4.78, 5) is 39.0. The van der Waals surface area contributed by atoms with Crippen LogP contribution in [0.3, 0.4) is 0 Å². The molecule has 0 heterocycles. The number of aromatic hydroxyl groups is 1. The molecule has 250 valence electrons. The number of anilines is 1. The fourth-order valence-corrected chi connectivity index (χ4v) is 6.43. The van der Waals surface area contributed by atoms with Crippen LogP contribution in [0, 0.1) is 6.92 Å². The van der Waals surface area contributed by atoms with Gasteiger partial charge in [0.1, 0.15) is 11.3 Å². The summed E-state index contributed by atoms with van der Waals surface area (Å²) < 4.78 is 32.4. The van der Waals surface area contributed by atoms with Crippen molar-refractivity contribution in [1.29, 1.82) is 0 Å². The Bertz CT molecular complexity index is 2110. The minimum absolute atomic E-state index is 0.0176. The number of aryl methyl sites for hydroxylation is 1. The van der Waals surface area contributed by atoms with Crippen LogP contribution in [0.1, 0.15) is 31.8 Å². The molecule has 0 aliphatic rings. The van der Waals surface area contributed by atoms with Crippen molar-refractivity contribution in [3.8, 4) is 28.0 Å². The Hall–Kier alpha value is -5.78. The Morgan fingerprint density at radius 2 is 1.43 bits per heavy atom. The molecule has 11 heteroatoms. The number of ether oxygens (including phenoxy) is 1. The van der Waals surface area contributed by atoms with Crippen molar-refractivity contribution < 1.29 is 37.8 Å². The number of carbonyl (C=O) groups excluding carboxylic acids is 2. The van der Waals surface area contributed by atoms with Gasteiger partial charge in [0.05, 0.1) is 30.7 Å². The summed E-state index contributed by atoms with van der Waals surface area (Å²) in [5.74, 6) is -2.93. The topological polar surface area (TPSA) is 142 Å². The molecule has 0 aliphatic carbocycles. The maximum Gasteiger partial charge on any atom is 0.339 e. The largest absolute Gasteiger partial charge is 0.507 e. The third-order valence-electron chi connectivity index (χ3n) is 8.04. The van der Waals surface area contributed by atoms with Crippen molar-refractivity contribution in [2.75, 3.05) is 25.6 Å². The summed E-state index contributed by atoms with van der Waals surface area (Å²) >= 11 is 0. The van der Waals surface area contributed by atoms with E-state index in [0.29, 0.717) is 11.1 Å². The molecule has 0 aromatic heterocycles. The maximum atomic E-state index is 13.8. The Balaban J connectivity index is 1.47. The molecule has 0 saturated carbocycles. The molecular weight excluding hydrogens is 644 g/mol. The van der Waals surface area contributed by atoms with Crippen molar-refractivity contribution in [3.05, 3.63) is 138 Å². The van der Waals surface area contributed by atoms with E-state index >= 15 is 0 Å². The highest BCUT2D eigenvalue weighted by Crippen LogP contribution is 2.34. The van der Waals surface area contributed by atoms with E-state index in [9.17, 15) is 33.0 Å². The lowest BCUT2D eigenvalue weighted by molar-refractivity contribution is -0.118. The minimum Gasteiger partial charge on any atom is -0.507 e. The number of rotatable bonds is 11. The number of phenols is 1. The van der Waals surface area contributed by atoms with E-state index in [1.165, 1.54) is 49.4 Å². The quantitative estimate of drug-likeness (QED) is 0.154. The van der Waals surface area contributed by atoms with E-state index in [0.717, 1.165) is 32.1 Å². The van der Waals surface area contributed by atoms with Crippen molar-refractivity contribution in [3.63, 3.8) is 0 Å². The smallest absolute Gasteiger partial charge is 0.339 e. The number of aromatic carboxylic acids is 1. The van der Waals surface area contributed by atoms with Crippen molar-refractivity contribution in [1.82, 2.24) is 4.31 Å². The first-order valence-corrected chi connectivity index (χ1v) is 16.6. The van der Waals surface area contributed by atoms with Crippen molar-refractivity contribution >= 4 is 33.6 Å². The molecular formula is C38H34N2O8S. The SMILES string of the molecule is COC(=O)c1ccc(-c2ccc(CN(C(=O)CN(C)S(=O)(=O)c3ccc(C)cc3)c3ccc(C(=O)O)c(O)c3)cc2)c(-c2ccccc2)c1. The van der Waals surface area contributed by atoms with Gasteiger partial charge in [0.2, 0.25) is 15.9 Å². The molecule has 49 heavy (non-hydrogen) atoms. The predicted octanol–water partition coefficient (Wildman–Crippen LogP) is 6.37. The number of carbonyl (C=O) groups is 3. The van der Waals surface area contributed by atoms with Crippen LogP contribution in [0.15, 0.2) is 120 Å². The van der Waals surface area contributed by atoms with Gasteiger partial charge in [-0.1, -0.05) is 78.4 Å². The molecule has 0 atom stereocenters. The van der Waals surface area contributed by atoms with E-state index in [4.69, 9.17) is 4.74 Å². The normalized spacial score (nSPS) is 11.3. The highest BCUT2D eigenvalue weighted by atomic mass is 32.2. The average Bonchev–Trinajstić information content (AvgIpc) is 3.10.